The first-order chi connectivity index (χ1) is 29.6. The van der Waals surface area contributed by atoms with Gasteiger partial charge in [0.15, 0.2) is 0 Å². The molecule has 60 heavy (non-hydrogen) atoms. The minimum atomic E-state index is -1.16. The maximum atomic E-state index is 12.5. The number of carbonyl (C=O) groups excluding carboxylic acids is 1. The molecule has 0 aromatic carbocycles. The molecule has 0 heterocycles. The highest BCUT2D eigenvalue weighted by Gasteiger charge is 2.26. The molecule has 1 amide bonds. The summed E-state index contributed by atoms with van der Waals surface area (Å²) in [4.78, 5) is 12.5. The van der Waals surface area contributed by atoms with Crippen LogP contribution in [0.2, 0.25) is 0 Å². The molecule has 0 bridgehead atoms. The number of hydrogen-bond acceptors (Lipinski definition) is 4. The summed E-state index contributed by atoms with van der Waals surface area (Å²) in [5.74, 6) is -0.154. The Kier molecular flexibility index (Phi) is 49.0. The van der Waals surface area contributed by atoms with Crippen LogP contribution in [-0.2, 0) is 4.79 Å². The number of aliphatic hydroxyl groups excluding tert-OH is 3. The molecule has 5 heteroatoms. The molecule has 0 aliphatic rings. The van der Waals surface area contributed by atoms with Crippen LogP contribution >= 0.6 is 0 Å². The smallest absolute Gasteiger partial charge is 0.220 e. The van der Waals surface area contributed by atoms with E-state index in [9.17, 15) is 20.1 Å². The van der Waals surface area contributed by atoms with Crippen molar-refractivity contribution in [3.05, 3.63) is 36.5 Å². The maximum Gasteiger partial charge on any atom is 0.220 e. The van der Waals surface area contributed by atoms with Crippen molar-refractivity contribution in [2.75, 3.05) is 6.61 Å². The third-order valence-electron chi connectivity index (χ3n) is 12.5. The Balaban J connectivity index is 3.59. The van der Waals surface area contributed by atoms with Crippen molar-refractivity contribution in [1.29, 1.82) is 0 Å². The van der Waals surface area contributed by atoms with Crippen LogP contribution in [-0.4, -0.2) is 46.1 Å². The average molecular weight is 844 g/mol. The van der Waals surface area contributed by atoms with E-state index in [-0.39, 0.29) is 12.5 Å². The van der Waals surface area contributed by atoms with Gasteiger partial charge in [0, 0.05) is 6.42 Å². The molecule has 0 aliphatic heterocycles. The van der Waals surface area contributed by atoms with Crippen molar-refractivity contribution in [3.63, 3.8) is 0 Å². The first-order valence-electron chi connectivity index (χ1n) is 26.8. The maximum absolute atomic E-state index is 12.5. The number of hydrogen-bond donors (Lipinski definition) is 4. The predicted octanol–water partition coefficient (Wildman–Crippen LogP) is 16.3. The number of allylic oxidation sites excluding steroid dienone is 6. The Morgan fingerprint density at radius 3 is 1.07 bits per heavy atom. The van der Waals surface area contributed by atoms with E-state index < -0.39 is 18.2 Å². The normalized spacial score (nSPS) is 13.6. The summed E-state index contributed by atoms with van der Waals surface area (Å²) >= 11 is 0. The lowest BCUT2D eigenvalue weighted by Gasteiger charge is -2.26. The number of aliphatic hydroxyl groups is 3. The number of rotatable bonds is 49. The molecule has 354 valence electrons. The highest BCUT2D eigenvalue weighted by molar-refractivity contribution is 5.76. The number of amides is 1. The van der Waals surface area contributed by atoms with Crippen molar-refractivity contribution in [1.82, 2.24) is 5.32 Å². The van der Waals surface area contributed by atoms with Gasteiger partial charge in [0.1, 0.15) is 6.10 Å². The molecule has 0 saturated carbocycles. The summed E-state index contributed by atoms with van der Waals surface area (Å²) in [6, 6.07) is -0.828. The molecule has 0 saturated heterocycles. The van der Waals surface area contributed by atoms with Crippen LogP contribution in [0.1, 0.15) is 284 Å². The minimum Gasteiger partial charge on any atom is -0.394 e. The first-order valence-corrected chi connectivity index (χ1v) is 26.8. The molecule has 0 aromatic rings. The summed E-state index contributed by atoms with van der Waals surface area (Å²) < 4.78 is 0. The van der Waals surface area contributed by atoms with Crippen LogP contribution in [0.25, 0.3) is 0 Å². The number of unbranched alkanes of at least 4 members (excludes halogenated alkanes) is 35. The predicted molar refractivity (Wildman–Crippen MR) is 264 cm³/mol. The Hall–Kier alpha value is -1.43. The van der Waals surface area contributed by atoms with Crippen molar-refractivity contribution in [2.45, 2.75) is 302 Å². The van der Waals surface area contributed by atoms with Gasteiger partial charge in [-0.05, 0) is 70.6 Å². The molecule has 0 rings (SSSR count). The zero-order valence-electron chi connectivity index (χ0n) is 40.4. The van der Waals surface area contributed by atoms with Gasteiger partial charge in [0.2, 0.25) is 5.91 Å². The van der Waals surface area contributed by atoms with Gasteiger partial charge in [-0.25, -0.2) is 0 Å². The Morgan fingerprint density at radius 1 is 0.417 bits per heavy atom. The van der Waals surface area contributed by atoms with E-state index >= 15 is 0 Å². The fourth-order valence-corrected chi connectivity index (χ4v) is 8.31. The highest BCUT2D eigenvalue weighted by Crippen LogP contribution is 2.16. The fourth-order valence-electron chi connectivity index (χ4n) is 8.31. The van der Waals surface area contributed by atoms with Gasteiger partial charge in [-0.1, -0.05) is 243 Å². The van der Waals surface area contributed by atoms with Gasteiger partial charge in [-0.2, -0.15) is 0 Å². The SMILES string of the molecule is CCCCCCCCCCC/C=C\C/C=C\CCCCCCCCCCCCCC(=O)NC(CO)C(O)C(O)CCC/C=C/CCCCCCCCCCCCCCCC. The molecule has 0 radical (unpaired) electrons. The topological polar surface area (TPSA) is 89.8 Å². The van der Waals surface area contributed by atoms with Gasteiger partial charge in [0.25, 0.3) is 0 Å². The quantitative estimate of drug-likeness (QED) is 0.0363. The molecular weight excluding hydrogens is 739 g/mol. The monoisotopic (exact) mass is 844 g/mol. The Bertz CT molecular complexity index is 931. The van der Waals surface area contributed by atoms with Crippen molar-refractivity contribution >= 4 is 5.91 Å². The molecule has 0 spiro atoms. The standard InChI is InChI=1S/C55H105NO4/c1-3-5-7-9-11-13-15-17-19-21-23-24-25-26-27-28-29-30-32-34-36-38-40-42-44-46-48-50-54(59)56-52(51-57)55(60)53(58)49-47-45-43-41-39-37-35-33-31-22-20-18-16-14-12-10-8-6-4-2/h23-24,26-27,41,43,52-53,55,57-58,60H,3-22,25,28-40,42,44-51H2,1-2H3,(H,56,59)/b24-23-,27-26-,43-41+. The third-order valence-corrected chi connectivity index (χ3v) is 12.5. The van der Waals surface area contributed by atoms with Crippen molar-refractivity contribution < 1.29 is 20.1 Å². The summed E-state index contributed by atoms with van der Waals surface area (Å²) in [7, 11) is 0. The molecule has 5 nitrogen and oxygen atoms in total. The second-order valence-corrected chi connectivity index (χ2v) is 18.4. The van der Waals surface area contributed by atoms with E-state index in [1.54, 1.807) is 0 Å². The van der Waals surface area contributed by atoms with Crippen LogP contribution in [0, 0.1) is 0 Å². The van der Waals surface area contributed by atoms with Crippen LogP contribution in [0.4, 0.5) is 0 Å². The lowest BCUT2D eigenvalue weighted by atomic mass is 10.0. The van der Waals surface area contributed by atoms with E-state index in [1.165, 1.54) is 212 Å². The average Bonchev–Trinajstić information content (AvgIpc) is 3.25. The summed E-state index contributed by atoms with van der Waals surface area (Å²) in [5.41, 5.74) is 0. The fraction of sp³-hybridized carbons (Fsp3) is 0.873. The molecular formula is C55H105NO4. The number of nitrogens with one attached hydrogen (secondary N) is 1. The van der Waals surface area contributed by atoms with E-state index in [0.717, 1.165) is 44.9 Å². The molecule has 0 aliphatic carbocycles. The second kappa shape index (κ2) is 50.2. The first kappa shape index (κ1) is 58.6. The van der Waals surface area contributed by atoms with Crippen molar-refractivity contribution in [2.24, 2.45) is 0 Å². The van der Waals surface area contributed by atoms with E-state index in [1.807, 2.05) is 0 Å². The van der Waals surface area contributed by atoms with E-state index in [4.69, 9.17) is 0 Å². The zero-order chi connectivity index (χ0) is 43.7. The molecule has 3 unspecified atom stereocenters. The van der Waals surface area contributed by atoms with E-state index in [0.29, 0.717) is 12.8 Å². The molecule has 3 atom stereocenters. The van der Waals surface area contributed by atoms with Gasteiger partial charge >= 0.3 is 0 Å². The van der Waals surface area contributed by atoms with Crippen LogP contribution in [0.15, 0.2) is 36.5 Å². The van der Waals surface area contributed by atoms with Gasteiger partial charge in [-0.3, -0.25) is 4.79 Å². The minimum absolute atomic E-state index is 0.154. The lowest BCUT2D eigenvalue weighted by Crippen LogP contribution is -2.50. The number of carbonyl (C=O) groups is 1. The summed E-state index contributed by atoms with van der Waals surface area (Å²) in [6.45, 7) is 4.19. The third kappa shape index (κ3) is 44.6. The Labute approximate surface area is 374 Å². The van der Waals surface area contributed by atoms with E-state index in [2.05, 4.69) is 55.6 Å². The van der Waals surface area contributed by atoms with Gasteiger partial charge in [0.05, 0.1) is 18.8 Å². The lowest BCUT2D eigenvalue weighted by molar-refractivity contribution is -0.124. The van der Waals surface area contributed by atoms with Crippen LogP contribution < -0.4 is 5.32 Å². The van der Waals surface area contributed by atoms with Crippen LogP contribution in [0.3, 0.4) is 0 Å². The van der Waals surface area contributed by atoms with Gasteiger partial charge in [-0.15, -0.1) is 0 Å². The molecule has 0 aromatic heterocycles. The highest BCUT2D eigenvalue weighted by atomic mass is 16.3. The largest absolute Gasteiger partial charge is 0.394 e. The van der Waals surface area contributed by atoms with Gasteiger partial charge < -0.3 is 20.6 Å². The molecule has 4 N–H and O–H groups in total. The second-order valence-electron chi connectivity index (χ2n) is 18.4. The van der Waals surface area contributed by atoms with Crippen molar-refractivity contribution in [3.8, 4) is 0 Å². The molecule has 0 fully saturated rings. The zero-order valence-corrected chi connectivity index (χ0v) is 40.4. The van der Waals surface area contributed by atoms with Crippen LogP contribution in [0.5, 0.6) is 0 Å². The Morgan fingerprint density at radius 2 is 0.717 bits per heavy atom. The summed E-state index contributed by atoms with van der Waals surface area (Å²) in [5, 5.41) is 33.7. The summed E-state index contributed by atoms with van der Waals surface area (Å²) in [6.07, 6.45) is 64.3.